The van der Waals surface area contributed by atoms with Crippen molar-refractivity contribution >= 4 is 32.9 Å². The maximum atomic E-state index is 14.1. The first-order valence-corrected chi connectivity index (χ1v) is 13.7. The van der Waals surface area contributed by atoms with Crippen molar-refractivity contribution in [1.29, 1.82) is 5.26 Å². The van der Waals surface area contributed by atoms with Crippen LogP contribution in [0, 0.1) is 17.8 Å². The van der Waals surface area contributed by atoms with Crippen LogP contribution in [0.3, 0.4) is 0 Å². The third kappa shape index (κ3) is 4.40. The van der Waals surface area contributed by atoms with E-state index in [1.165, 1.54) is 54.5 Å². The van der Waals surface area contributed by atoms with E-state index in [-0.39, 0.29) is 34.5 Å². The predicted octanol–water partition coefficient (Wildman–Crippen LogP) is 1.80. The molecular weight excluding hydrogens is 534 g/mol. The molecule has 2 amide bonds. The van der Waals surface area contributed by atoms with Crippen molar-refractivity contribution in [3.05, 3.63) is 101 Å². The maximum Gasteiger partial charge on any atom is 0.344 e. The van der Waals surface area contributed by atoms with Gasteiger partial charge in [0.15, 0.2) is 0 Å². The molecule has 2 atom stereocenters. The van der Waals surface area contributed by atoms with Crippen LogP contribution in [-0.4, -0.2) is 53.4 Å². The number of benzene rings is 3. The van der Waals surface area contributed by atoms with Gasteiger partial charge in [0.25, 0.3) is 15.9 Å². The maximum absolute atomic E-state index is 14.1. The first-order valence-electron chi connectivity index (χ1n) is 12.2. The third-order valence-electron chi connectivity index (χ3n) is 6.87. The number of hydrogen-bond acceptors (Lipinski definition) is 7. The van der Waals surface area contributed by atoms with Gasteiger partial charge in [-0.05, 0) is 60.9 Å². The molecule has 1 fully saturated rings. The van der Waals surface area contributed by atoms with Crippen LogP contribution >= 0.6 is 0 Å². The van der Waals surface area contributed by atoms with Gasteiger partial charge in [0.2, 0.25) is 5.91 Å². The predicted molar refractivity (Wildman–Crippen MR) is 145 cm³/mol. The number of nitrogens with zero attached hydrogens (tertiary/aromatic N) is 4. The van der Waals surface area contributed by atoms with Gasteiger partial charge in [-0.3, -0.25) is 14.2 Å². The van der Waals surface area contributed by atoms with Gasteiger partial charge in [0.1, 0.15) is 17.8 Å². The second kappa shape index (κ2) is 10.3. The lowest BCUT2D eigenvalue weighted by atomic mass is 10.0. The molecule has 5 rings (SSSR count). The summed E-state index contributed by atoms with van der Waals surface area (Å²) in [6.07, 6.45) is 1.99. The van der Waals surface area contributed by atoms with Crippen LogP contribution in [0.15, 0.2) is 82.5 Å². The number of nitrogens with two attached hydrogens (primary N) is 1. The number of primary amides is 1. The Morgan fingerprint density at radius 3 is 2.38 bits per heavy atom. The zero-order valence-electron chi connectivity index (χ0n) is 21.3. The molecule has 2 unspecified atom stereocenters. The molecule has 1 aromatic heterocycles. The average molecular weight is 559 g/mol. The normalized spacial score (nSPS) is 16.0. The highest BCUT2D eigenvalue weighted by atomic mass is 32.2. The van der Waals surface area contributed by atoms with Gasteiger partial charge in [0.05, 0.1) is 34.7 Å². The van der Waals surface area contributed by atoms with Crippen LogP contribution in [0.2, 0.25) is 0 Å². The van der Waals surface area contributed by atoms with Gasteiger partial charge in [0, 0.05) is 6.54 Å². The Hall–Kier alpha value is -4.89. The third-order valence-corrected chi connectivity index (χ3v) is 8.57. The van der Waals surface area contributed by atoms with Crippen LogP contribution in [0.1, 0.15) is 23.6 Å². The number of ether oxygens (including phenoxy) is 1. The monoisotopic (exact) mass is 558 g/mol. The van der Waals surface area contributed by atoms with Crippen molar-refractivity contribution in [3.8, 4) is 11.8 Å². The van der Waals surface area contributed by atoms with Crippen molar-refractivity contribution in [3.63, 3.8) is 0 Å². The molecular formula is C28H24N5O6S. The Labute approximate surface area is 229 Å². The fourth-order valence-corrected chi connectivity index (χ4v) is 6.33. The summed E-state index contributed by atoms with van der Waals surface area (Å²) in [5.74, 6) is -0.889. The quantitative estimate of drug-likeness (QED) is 0.362. The Kier molecular flexibility index (Phi) is 6.91. The minimum Gasteiger partial charge on any atom is -0.497 e. The van der Waals surface area contributed by atoms with Crippen LogP contribution in [0.4, 0.5) is 0 Å². The summed E-state index contributed by atoms with van der Waals surface area (Å²) in [6, 6.07) is 17.7. The van der Waals surface area contributed by atoms with Gasteiger partial charge in [-0.25, -0.2) is 13.2 Å². The summed E-state index contributed by atoms with van der Waals surface area (Å²) in [4.78, 5) is 41.5. The Bertz CT molecular complexity index is 1820. The Morgan fingerprint density at radius 1 is 1.05 bits per heavy atom. The second-order valence-corrected chi connectivity index (χ2v) is 10.9. The zero-order chi connectivity index (χ0) is 28.6. The molecule has 2 heterocycles. The SMILES string of the molecule is COc1ccc(S(=O)(=O)n2c(=O)n(C(C(=O)N3C[CH]CC3C(N)=O)c3ccccc3)c3cc(C#N)ccc32)cc1. The first-order chi connectivity index (χ1) is 19.2. The number of imidazole rings is 1. The van der Waals surface area contributed by atoms with Crippen molar-refractivity contribution < 1.29 is 22.7 Å². The first kappa shape index (κ1) is 26.7. The van der Waals surface area contributed by atoms with E-state index in [2.05, 4.69) is 0 Å². The van der Waals surface area contributed by atoms with E-state index in [0.717, 1.165) is 4.57 Å². The molecule has 1 radical (unpaired) electrons. The summed E-state index contributed by atoms with van der Waals surface area (Å²) >= 11 is 0. The zero-order valence-corrected chi connectivity index (χ0v) is 22.1. The van der Waals surface area contributed by atoms with Crippen LogP contribution in [0.5, 0.6) is 5.75 Å². The summed E-state index contributed by atoms with van der Waals surface area (Å²) < 4.78 is 34.5. The number of nitriles is 1. The van der Waals surface area contributed by atoms with Crippen LogP contribution in [0.25, 0.3) is 11.0 Å². The van der Waals surface area contributed by atoms with Crippen LogP contribution < -0.4 is 16.2 Å². The summed E-state index contributed by atoms with van der Waals surface area (Å²) in [6.45, 7) is 0.122. The minimum absolute atomic E-state index is 0.0204. The van der Waals surface area contributed by atoms with Crippen molar-refractivity contribution in [2.75, 3.05) is 13.7 Å². The molecule has 1 saturated heterocycles. The summed E-state index contributed by atoms with van der Waals surface area (Å²) in [5, 5.41) is 9.58. The molecule has 203 valence electrons. The molecule has 40 heavy (non-hydrogen) atoms. The molecule has 1 aliphatic rings. The minimum atomic E-state index is -4.46. The fraction of sp³-hybridized carbons (Fsp3) is 0.179. The Balaban J connectivity index is 1.80. The van der Waals surface area contributed by atoms with E-state index in [0.29, 0.717) is 15.3 Å². The number of amides is 2. The van der Waals surface area contributed by atoms with Crippen molar-refractivity contribution in [2.45, 2.75) is 23.4 Å². The van der Waals surface area contributed by atoms with E-state index in [4.69, 9.17) is 10.5 Å². The smallest absolute Gasteiger partial charge is 0.344 e. The number of methoxy groups -OCH3 is 1. The molecule has 0 saturated carbocycles. The molecule has 1 aliphatic heterocycles. The summed E-state index contributed by atoms with van der Waals surface area (Å²) in [7, 11) is -3.02. The molecule has 0 spiro atoms. The van der Waals surface area contributed by atoms with E-state index in [1.54, 1.807) is 36.8 Å². The number of aromatic nitrogens is 2. The molecule has 3 aromatic carbocycles. The topological polar surface area (TPSA) is 157 Å². The standard InChI is InChI=1S/C28H24N5O6S/c1-39-20-10-12-21(13-11-20)40(37,38)33-22-14-9-18(17-29)16-24(22)32(28(33)36)25(19-6-3-2-4-7-19)27(35)31-15-5-8-23(31)26(30)34/h2-7,9-14,16,23,25H,8,15H2,1H3,(H2,30,34). The second-order valence-electron chi connectivity index (χ2n) is 9.16. The molecule has 11 nitrogen and oxygen atoms in total. The van der Waals surface area contributed by atoms with E-state index in [9.17, 15) is 28.1 Å². The van der Waals surface area contributed by atoms with Crippen molar-refractivity contribution in [1.82, 2.24) is 13.4 Å². The molecule has 0 aliphatic carbocycles. The highest BCUT2D eigenvalue weighted by molar-refractivity contribution is 7.90. The number of rotatable bonds is 7. The lowest BCUT2D eigenvalue weighted by molar-refractivity contribution is -0.139. The molecule has 12 heteroatoms. The number of hydrogen-bond donors (Lipinski definition) is 1. The number of fused-ring (bicyclic) bond motifs is 1. The van der Waals surface area contributed by atoms with Gasteiger partial charge in [-0.1, -0.05) is 30.3 Å². The number of likely N-dealkylation sites (tertiary alicyclic amines) is 1. The Morgan fingerprint density at radius 2 is 1.75 bits per heavy atom. The van der Waals surface area contributed by atoms with E-state index in [1.807, 2.05) is 6.07 Å². The number of carbonyl (C=O) groups is 2. The van der Waals surface area contributed by atoms with Gasteiger partial charge < -0.3 is 15.4 Å². The van der Waals surface area contributed by atoms with Gasteiger partial charge >= 0.3 is 5.69 Å². The van der Waals surface area contributed by atoms with Crippen molar-refractivity contribution in [2.24, 2.45) is 5.73 Å². The molecule has 0 bridgehead atoms. The van der Waals surface area contributed by atoms with Gasteiger partial charge in [-0.2, -0.15) is 9.23 Å². The van der Waals surface area contributed by atoms with E-state index < -0.39 is 39.6 Å². The molecule has 4 aromatic rings. The summed E-state index contributed by atoms with van der Waals surface area (Å²) in [5.41, 5.74) is 5.12. The average Bonchev–Trinajstić information content (AvgIpc) is 3.57. The fourth-order valence-electron chi connectivity index (χ4n) is 4.93. The van der Waals surface area contributed by atoms with Crippen LogP contribution in [-0.2, 0) is 19.6 Å². The highest BCUT2D eigenvalue weighted by Gasteiger charge is 2.40. The highest BCUT2D eigenvalue weighted by Crippen LogP contribution is 2.30. The lowest BCUT2D eigenvalue weighted by Crippen LogP contribution is -2.48. The largest absolute Gasteiger partial charge is 0.497 e. The molecule has 2 N–H and O–H groups in total. The van der Waals surface area contributed by atoms with E-state index >= 15 is 0 Å². The number of carbonyl (C=O) groups excluding carboxylic acids is 2. The van der Waals surface area contributed by atoms with Gasteiger partial charge in [-0.15, -0.1) is 0 Å². The lowest BCUT2D eigenvalue weighted by Gasteiger charge is -2.28.